The molecule has 1 atom stereocenters. The van der Waals surface area contributed by atoms with Crippen molar-refractivity contribution in [2.75, 3.05) is 18.6 Å². The Labute approximate surface area is 77.6 Å². The molecule has 1 unspecified atom stereocenters. The topological polar surface area (TPSA) is 70.6 Å². The van der Waals surface area contributed by atoms with Crippen molar-refractivity contribution in [1.82, 2.24) is 5.32 Å². The van der Waals surface area contributed by atoms with Gasteiger partial charge in [0.2, 0.25) is 0 Å². The zero-order chi connectivity index (χ0) is 9.40. The van der Waals surface area contributed by atoms with E-state index in [1.54, 1.807) is 11.8 Å². The third kappa shape index (κ3) is 6.30. The van der Waals surface area contributed by atoms with Crippen LogP contribution in [0.25, 0.3) is 0 Å². The van der Waals surface area contributed by atoms with Gasteiger partial charge in [0.15, 0.2) is 0 Å². The molecule has 72 valence electrons. The van der Waals surface area contributed by atoms with Gasteiger partial charge in [-0.2, -0.15) is 11.8 Å². The summed E-state index contributed by atoms with van der Waals surface area (Å²) in [6.45, 7) is 2.88. The van der Waals surface area contributed by atoms with Gasteiger partial charge in [0.25, 0.3) is 0 Å². The van der Waals surface area contributed by atoms with Gasteiger partial charge in [-0.25, -0.2) is 0 Å². The second-order valence-electron chi connectivity index (χ2n) is 2.65. The van der Waals surface area contributed by atoms with Crippen molar-refractivity contribution in [1.29, 1.82) is 0 Å². The molecule has 0 rings (SSSR count). The van der Waals surface area contributed by atoms with Crippen LogP contribution < -0.4 is 11.1 Å². The van der Waals surface area contributed by atoms with Crippen LogP contribution in [0.5, 0.6) is 0 Å². The van der Waals surface area contributed by atoms with Crippen molar-refractivity contribution in [3.05, 3.63) is 0 Å². The van der Waals surface area contributed by atoms with Crippen LogP contribution in [0.2, 0.25) is 0 Å². The van der Waals surface area contributed by atoms with Gasteiger partial charge in [-0.15, -0.1) is 0 Å². The first-order valence-electron chi connectivity index (χ1n) is 3.89. The first-order chi connectivity index (χ1) is 5.70. The Bertz CT molecular complexity index is 141. The summed E-state index contributed by atoms with van der Waals surface area (Å²) in [4.78, 5) is 0. The third-order valence-corrected chi connectivity index (χ3v) is 2.25. The second-order valence-corrected chi connectivity index (χ2v) is 3.56. The fraction of sp³-hybridized carbons (Fsp3) is 0.857. The van der Waals surface area contributed by atoms with E-state index in [-0.39, 0.29) is 5.84 Å². The second kappa shape index (κ2) is 7.24. The molecule has 0 saturated heterocycles. The van der Waals surface area contributed by atoms with E-state index in [2.05, 4.69) is 23.7 Å². The standard InChI is InChI=1S/C7H17N3OS/c1-6(5-12-2)9-4-3-7(8)10-11/h6,9,11H,3-5H2,1-2H3,(H2,8,10). The first kappa shape index (κ1) is 11.6. The highest BCUT2D eigenvalue weighted by Crippen LogP contribution is 1.95. The summed E-state index contributed by atoms with van der Waals surface area (Å²) in [6, 6.07) is 0.478. The molecule has 4 N–H and O–H groups in total. The van der Waals surface area contributed by atoms with Crippen molar-refractivity contribution in [3.8, 4) is 0 Å². The van der Waals surface area contributed by atoms with Crippen LogP contribution in [-0.4, -0.2) is 35.6 Å². The molecule has 4 nitrogen and oxygen atoms in total. The number of nitrogens with two attached hydrogens (primary N) is 1. The van der Waals surface area contributed by atoms with Gasteiger partial charge in [-0.05, 0) is 13.2 Å². The lowest BCUT2D eigenvalue weighted by Gasteiger charge is -2.11. The van der Waals surface area contributed by atoms with Crippen molar-refractivity contribution in [2.45, 2.75) is 19.4 Å². The number of hydrogen-bond acceptors (Lipinski definition) is 4. The molecule has 0 bridgehead atoms. The summed E-state index contributed by atoms with van der Waals surface area (Å²) in [5, 5.41) is 14.4. The normalized spacial score (nSPS) is 14.7. The molecule has 0 saturated carbocycles. The van der Waals surface area contributed by atoms with Crippen LogP contribution >= 0.6 is 11.8 Å². The van der Waals surface area contributed by atoms with Crippen LogP contribution in [0, 0.1) is 0 Å². The van der Waals surface area contributed by atoms with E-state index in [1.807, 2.05) is 0 Å². The molecular formula is C7H17N3OS. The summed E-state index contributed by atoms with van der Waals surface area (Å²) in [6.07, 6.45) is 2.66. The van der Waals surface area contributed by atoms with Crippen molar-refractivity contribution in [3.63, 3.8) is 0 Å². The number of amidine groups is 1. The Kier molecular flexibility index (Phi) is 6.99. The molecule has 5 heteroatoms. The predicted molar refractivity (Wildman–Crippen MR) is 53.9 cm³/mol. The molecule has 0 aromatic rings. The van der Waals surface area contributed by atoms with E-state index in [4.69, 9.17) is 10.9 Å². The number of oxime groups is 1. The maximum atomic E-state index is 8.23. The Morgan fingerprint density at radius 3 is 2.92 bits per heavy atom. The molecular weight excluding hydrogens is 174 g/mol. The molecule has 0 aliphatic rings. The summed E-state index contributed by atoms with van der Waals surface area (Å²) in [7, 11) is 0. The summed E-state index contributed by atoms with van der Waals surface area (Å²) >= 11 is 1.80. The molecule has 0 spiro atoms. The van der Waals surface area contributed by atoms with E-state index in [9.17, 15) is 0 Å². The average Bonchev–Trinajstić information content (AvgIpc) is 2.04. The lowest BCUT2D eigenvalue weighted by atomic mass is 10.3. The van der Waals surface area contributed by atoms with Gasteiger partial charge >= 0.3 is 0 Å². The minimum Gasteiger partial charge on any atom is -0.409 e. The zero-order valence-electron chi connectivity index (χ0n) is 7.58. The van der Waals surface area contributed by atoms with Gasteiger partial charge < -0.3 is 16.3 Å². The fourth-order valence-electron chi connectivity index (χ4n) is 0.806. The van der Waals surface area contributed by atoms with Crippen molar-refractivity contribution >= 4 is 17.6 Å². The largest absolute Gasteiger partial charge is 0.409 e. The SMILES string of the molecule is CSCC(C)NCCC(N)=NO. The van der Waals surface area contributed by atoms with Gasteiger partial charge in [-0.1, -0.05) is 5.16 Å². The molecule has 0 aliphatic heterocycles. The maximum absolute atomic E-state index is 8.23. The number of thioether (sulfide) groups is 1. The quantitative estimate of drug-likeness (QED) is 0.247. The van der Waals surface area contributed by atoms with Crippen LogP contribution in [-0.2, 0) is 0 Å². The van der Waals surface area contributed by atoms with Crippen molar-refractivity contribution < 1.29 is 5.21 Å². The van der Waals surface area contributed by atoms with E-state index in [0.29, 0.717) is 12.5 Å². The smallest absolute Gasteiger partial charge is 0.140 e. The minimum absolute atomic E-state index is 0.277. The van der Waals surface area contributed by atoms with Crippen LogP contribution in [0.1, 0.15) is 13.3 Å². The first-order valence-corrected chi connectivity index (χ1v) is 5.28. The molecule has 0 fully saturated rings. The summed E-state index contributed by atoms with van der Waals surface area (Å²) in [5.41, 5.74) is 5.29. The number of nitrogens with one attached hydrogen (secondary N) is 1. The van der Waals surface area contributed by atoms with E-state index < -0.39 is 0 Å². The number of rotatable bonds is 6. The Hall–Kier alpha value is -0.420. The van der Waals surface area contributed by atoms with E-state index in [1.165, 1.54) is 0 Å². The van der Waals surface area contributed by atoms with Crippen LogP contribution in [0.4, 0.5) is 0 Å². The number of nitrogens with zero attached hydrogens (tertiary/aromatic N) is 1. The molecule has 0 aromatic heterocycles. The Morgan fingerprint density at radius 1 is 1.75 bits per heavy atom. The molecule has 0 radical (unpaired) electrons. The van der Waals surface area contributed by atoms with Gasteiger partial charge in [0.05, 0.1) is 0 Å². The fourth-order valence-corrected chi connectivity index (χ4v) is 1.42. The van der Waals surface area contributed by atoms with Crippen LogP contribution in [0.15, 0.2) is 5.16 Å². The molecule has 12 heavy (non-hydrogen) atoms. The Balaban J connectivity index is 3.30. The Morgan fingerprint density at radius 2 is 2.42 bits per heavy atom. The monoisotopic (exact) mass is 191 g/mol. The van der Waals surface area contributed by atoms with E-state index in [0.717, 1.165) is 12.3 Å². The lowest BCUT2D eigenvalue weighted by molar-refractivity contribution is 0.316. The number of hydrogen-bond donors (Lipinski definition) is 3. The highest BCUT2D eigenvalue weighted by atomic mass is 32.2. The summed E-state index contributed by atoms with van der Waals surface area (Å²) in [5.74, 6) is 1.36. The van der Waals surface area contributed by atoms with Crippen molar-refractivity contribution in [2.24, 2.45) is 10.9 Å². The zero-order valence-corrected chi connectivity index (χ0v) is 8.40. The molecule has 0 amide bonds. The molecule has 0 aromatic carbocycles. The molecule has 0 heterocycles. The molecule has 0 aliphatic carbocycles. The van der Waals surface area contributed by atoms with E-state index >= 15 is 0 Å². The third-order valence-electron chi connectivity index (χ3n) is 1.42. The highest BCUT2D eigenvalue weighted by Gasteiger charge is 1.99. The predicted octanol–water partition coefficient (Wildman–Crippen LogP) is 0.464. The van der Waals surface area contributed by atoms with Gasteiger partial charge in [0.1, 0.15) is 5.84 Å². The summed E-state index contributed by atoms with van der Waals surface area (Å²) < 4.78 is 0. The maximum Gasteiger partial charge on any atom is 0.140 e. The van der Waals surface area contributed by atoms with Gasteiger partial charge in [0, 0.05) is 24.8 Å². The highest BCUT2D eigenvalue weighted by molar-refractivity contribution is 7.98. The average molecular weight is 191 g/mol. The van der Waals surface area contributed by atoms with Gasteiger partial charge in [-0.3, -0.25) is 0 Å². The minimum atomic E-state index is 0.277. The van der Waals surface area contributed by atoms with Crippen LogP contribution in [0.3, 0.4) is 0 Å². The lowest BCUT2D eigenvalue weighted by Crippen LogP contribution is -2.31.